The first-order chi connectivity index (χ1) is 11.3. The average molecular weight is 498 g/mol. The largest absolute Gasteiger partial charge is 1.00 e. The standard InChI is InChI=1S/C9H6F14O3S.K/c1-2-3(10,11)4(12,13)5(14,15)6(16,17)7(18,19)8(20,21)9(22,23)27(24,25)26;/h2H2,1H3,(H,24,25,26);/q;+1/p-1. The van der Waals surface area contributed by atoms with E-state index in [4.69, 9.17) is 0 Å². The van der Waals surface area contributed by atoms with E-state index in [0.717, 1.165) is 0 Å². The molecule has 0 atom stereocenters. The summed E-state index contributed by atoms with van der Waals surface area (Å²) in [6.07, 6.45) is -2.42. The zero-order chi connectivity index (χ0) is 22.7. The zero-order valence-corrected chi connectivity index (χ0v) is 17.1. The zero-order valence-electron chi connectivity index (χ0n) is 13.1. The molecule has 0 radical (unpaired) electrons. The molecule has 0 fully saturated rings. The fourth-order valence-electron chi connectivity index (χ4n) is 1.38. The molecule has 0 aliphatic carbocycles. The van der Waals surface area contributed by atoms with E-state index >= 15 is 0 Å². The minimum atomic E-state index is -8.42. The van der Waals surface area contributed by atoms with Crippen molar-refractivity contribution in [2.75, 3.05) is 0 Å². The topological polar surface area (TPSA) is 57.2 Å². The van der Waals surface area contributed by atoms with Gasteiger partial charge in [0.2, 0.25) is 0 Å². The molecular weight excluding hydrogens is 493 g/mol. The summed E-state index contributed by atoms with van der Waals surface area (Å²) in [5.41, 5.74) is 0. The number of hydrogen-bond acceptors (Lipinski definition) is 3. The Labute approximate surface area is 189 Å². The molecule has 0 aromatic carbocycles. The van der Waals surface area contributed by atoms with Crippen molar-refractivity contribution < 1.29 is 126 Å². The van der Waals surface area contributed by atoms with Gasteiger partial charge in [0.05, 0.1) is 0 Å². The van der Waals surface area contributed by atoms with Crippen LogP contribution in [0.5, 0.6) is 0 Å². The Balaban J connectivity index is 0. The van der Waals surface area contributed by atoms with Gasteiger partial charge in [0.15, 0.2) is 10.1 Å². The summed E-state index contributed by atoms with van der Waals surface area (Å²) in [4.78, 5) is 0. The Morgan fingerprint density at radius 2 is 0.857 bits per heavy atom. The van der Waals surface area contributed by atoms with Crippen LogP contribution in [0.3, 0.4) is 0 Å². The molecule has 0 N–H and O–H groups in total. The Morgan fingerprint density at radius 1 is 0.607 bits per heavy atom. The van der Waals surface area contributed by atoms with Crippen molar-refractivity contribution in [1.82, 2.24) is 0 Å². The summed E-state index contributed by atoms with van der Waals surface area (Å²) in [6.45, 7) is -0.0347. The monoisotopic (exact) mass is 498 g/mol. The van der Waals surface area contributed by atoms with Crippen LogP contribution in [-0.4, -0.2) is 53.8 Å². The maximum absolute atomic E-state index is 13.1. The van der Waals surface area contributed by atoms with Gasteiger partial charge in [-0.2, -0.15) is 61.5 Å². The van der Waals surface area contributed by atoms with Gasteiger partial charge in [-0.05, 0) is 0 Å². The first-order valence-corrected chi connectivity index (χ1v) is 7.32. The SMILES string of the molecule is CCC(F)(F)C(F)(F)C(F)(F)C(F)(F)C(F)(F)C(F)(F)C(F)(F)S(=O)(=O)[O-].[K+]. The second-order valence-corrected chi connectivity index (χ2v) is 6.32. The van der Waals surface area contributed by atoms with E-state index in [1.165, 1.54) is 0 Å². The fraction of sp³-hybridized carbons (Fsp3) is 1.00. The third-order valence-corrected chi connectivity index (χ3v) is 4.04. The molecule has 0 aromatic rings. The molecule has 164 valence electrons. The Morgan fingerprint density at radius 3 is 1.11 bits per heavy atom. The van der Waals surface area contributed by atoms with Crippen LogP contribution in [0.25, 0.3) is 0 Å². The molecule has 0 saturated carbocycles. The van der Waals surface area contributed by atoms with Crippen LogP contribution in [0.4, 0.5) is 61.5 Å². The maximum atomic E-state index is 13.1. The van der Waals surface area contributed by atoms with Crippen LogP contribution in [0.2, 0.25) is 0 Å². The van der Waals surface area contributed by atoms with E-state index in [9.17, 15) is 74.4 Å². The van der Waals surface area contributed by atoms with Crippen LogP contribution in [0.15, 0.2) is 0 Å². The van der Waals surface area contributed by atoms with Crippen molar-refractivity contribution in [2.45, 2.75) is 54.1 Å². The van der Waals surface area contributed by atoms with Gasteiger partial charge in [-0.15, -0.1) is 0 Å². The molecule has 0 heterocycles. The van der Waals surface area contributed by atoms with Gasteiger partial charge in [-0.1, -0.05) is 6.92 Å². The van der Waals surface area contributed by atoms with Gasteiger partial charge in [0.1, 0.15) is 0 Å². The van der Waals surface area contributed by atoms with Crippen molar-refractivity contribution in [3.05, 3.63) is 0 Å². The van der Waals surface area contributed by atoms with Gasteiger partial charge in [-0.25, -0.2) is 8.42 Å². The van der Waals surface area contributed by atoms with E-state index < -0.39 is 57.3 Å². The molecule has 0 saturated heterocycles. The molecule has 0 aliphatic rings. The summed E-state index contributed by atoms with van der Waals surface area (Å²) in [7, 11) is -7.94. The summed E-state index contributed by atoms with van der Waals surface area (Å²) in [6, 6.07) is 0. The molecule has 0 amide bonds. The Hall–Kier alpha value is 0.566. The van der Waals surface area contributed by atoms with Crippen molar-refractivity contribution in [3.8, 4) is 0 Å². The van der Waals surface area contributed by atoms with Crippen LogP contribution in [0, 0.1) is 0 Å². The predicted molar refractivity (Wildman–Crippen MR) is 54.6 cm³/mol. The fourth-order valence-corrected chi connectivity index (χ4v) is 1.83. The Kier molecular flexibility index (Phi) is 8.70. The van der Waals surface area contributed by atoms with Crippen LogP contribution < -0.4 is 51.4 Å². The minimum absolute atomic E-state index is 0. The normalized spacial score (nSPS) is 16.0. The molecule has 0 aromatic heterocycles. The van der Waals surface area contributed by atoms with Gasteiger partial charge >= 0.3 is 92.2 Å². The molecule has 0 spiro atoms. The van der Waals surface area contributed by atoms with Crippen molar-refractivity contribution in [3.63, 3.8) is 0 Å². The van der Waals surface area contributed by atoms with E-state index in [2.05, 4.69) is 0 Å². The van der Waals surface area contributed by atoms with Gasteiger partial charge < -0.3 is 4.55 Å². The van der Waals surface area contributed by atoms with Crippen LogP contribution in [-0.2, 0) is 10.1 Å². The number of halogens is 14. The molecule has 0 unspecified atom stereocenters. The summed E-state index contributed by atoms with van der Waals surface area (Å²) in [5, 5.41) is -7.72. The van der Waals surface area contributed by atoms with Crippen molar-refractivity contribution in [2.24, 2.45) is 0 Å². The summed E-state index contributed by atoms with van der Waals surface area (Å²) in [5.74, 6) is -46.9. The summed E-state index contributed by atoms with van der Waals surface area (Å²) < 4.78 is 211. The molecule has 19 heteroatoms. The quantitative estimate of drug-likeness (QED) is 0.289. The molecular formula is C9H5F14KO3S. The molecule has 0 aliphatic heterocycles. The van der Waals surface area contributed by atoms with E-state index in [1.807, 2.05) is 0 Å². The average Bonchev–Trinajstić information content (AvgIpc) is 2.44. The summed E-state index contributed by atoms with van der Waals surface area (Å²) >= 11 is 0. The van der Waals surface area contributed by atoms with Gasteiger partial charge in [0, 0.05) is 6.42 Å². The predicted octanol–water partition coefficient (Wildman–Crippen LogP) is 1.35. The maximum Gasteiger partial charge on any atom is 1.00 e. The minimum Gasteiger partial charge on any atom is -0.743 e. The van der Waals surface area contributed by atoms with E-state index in [1.54, 1.807) is 0 Å². The first kappa shape index (κ1) is 30.8. The Bertz CT molecular complexity index is 674. The van der Waals surface area contributed by atoms with Crippen LogP contribution >= 0.6 is 0 Å². The third-order valence-electron chi connectivity index (χ3n) is 3.16. The van der Waals surface area contributed by atoms with E-state index in [0.29, 0.717) is 0 Å². The van der Waals surface area contributed by atoms with Crippen LogP contribution in [0.1, 0.15) is 13.3 Å². The number of rotatable bonds is 8. The molecule has 3 nitrogen and oxygen atoms in total. The van der Waals surface area contributed by atoms with Gasteiger partial charge in [0.25, 0.3) is 0 Å². The molecule has 28 heavy (non-hydrogen) atoms. The van der Waals surface area contributed by atoms with E-state index in [-0.39, 0.29) is 58.3 Å². The number of hydrogen-bond donors (Lipinski definition) is 0. The van der Waals surface area contributed by atoms with Crippen molar-refractivity contribution in [1.29, 1.82) is 0 Å². The third kappa shape index (κ3) is 3.92. The molecule has 0 rings (SSSR count). The first-order valence-electron chi connectivity index (χ1n) is 5.91. The molecule has 0 bridgehead atoms. The van der Waals surface area contributed by atoms with Gasteiger partial charge in [-0.3, -0.25) is 0 Å². The second-order valence-electron chi connectivity index (χ2n) is 4.90. The number of alkyl halides is 14. The smallest absolute Gasteiger partial charge is 0.743 e. The van der Waals surface area contributed by atoms with Crippen molar-refractivity contribution >= 4 is 10.1 Å². The second kappa shape index (κ2) is 7.92.